The molecule has 26 heavy (non-hydrogen) atoms. The van der Waals surface area contributed by atoms with Crippen LogP contribution in [0.1, 0.15) is 43.6 Å². The van der Waals surface area contributed by atoms with Crippen LogP contribution in [0.15, 0.2) is 79.1 Å². The SMILES string of the molecule is c1cc(C2CCCCC2)c2cccnc2c1.c1ccc2ncccc2c1. The summed E-state index contributed by atoms with van der Waals surface area (Å²) < 4.78 is 0. The Morgan fingerprint density at radius 1 is 0.615 bits per heavy atom. The van der Waals surface area contributed by atoms with Crippen molar-refractivity contribution in [1.82, 2.24) is 9.97 Å². The van der Waals surface area contributed by atoms with Gasteiger partial charge in [-0.2, -0.15) is 0 Å². The van der Waals surface area contributed by atoms with Gasteiger partial charge in [0.25, 0.3) is 0 Å². The third-order valence-electron chi connectivity index (χ3n) is 5.24. The molecule has 130 valence electrons. The number of nitrogens with zero attached hydrogens (tertiary/aromatic N) is 2. The molecule has 0 unspecified atom stereocenters. The van der Waals surface area contributed by atoms with Crippen molar-refractivity contribution in [2.75, 3.05) is 0 Å². The molecule has 5 rings (SSSR count). The molecule has 4 aromatic rings. The lowest BCUT2D eigenvalue weighted by molar-refractivity contribution is 0.445. The van der Waals surface area contributed by atoms with E-state index in [9.17, 15) is 0 Å². The van der Waals surface area contributed by atoms with Gasteiger partial charge in [-0.25, -0.2) is 0 Å². The van der Waals surface area contributed by atoms with Gasteiger partial charge in [0, 0.05) is 23.2 Å². The van der Waals surface area contributed by atoms with Crippen LogP contribution in [0, 0.1) is 0 Å². The van der Waals surface area contributed by atoms with Crippen molar-refractivity contribution in [3.63, 3.8) is 0 Å². The lowest BCUT2D eigenvalue weighted by Crippen LogP contribution is -2.05. The molecular formula is C24H24N2. The van der Waals surface area contributed by atoms with Crippen LogP contribution in [0.25, 0.3) is 21.8 Å². The van der Waals surface area contributed by atoms with E-state index >= 15 is 0 Å². The minimum Gasteiger partial charge on any atom is -0.256 e. The van der Waals surface area contributed by atoms with Crippen LogP contribution in [-0.4, -0.2) is 9.97 Å². The third-order valence-corrected chi connectivity index (χ3v) is 5.24. The maximum atomic E-state index is 4.44. The van der Waals surface area contributed by atoms with Crippen molar-refractivity contribution in [3.05, 3.63) is 84.7 Å². The van der Waals surface area contributed by atoms with E-state index in [-0.39, 0.29) is 0 Å². The van der Waals surface area contributed by atoms with E-state index in [1.165, 1.54) is 48.4 Å². The standard InChI is InChI=1S/C15H17N.C9H7N/c1-2-6-12(7-3-1)13-8-4-10-15-14(13)9-5-11-16-15;1-2-6-9-8(4-1)5-3-7-10-9/h4-5,8-12H,1-3,6-7H2;1-7H. The first-order chi connectivity index (χ1) is 12.9. The molecule has 0 radical (unpaired) electrons. The first kappa shape index (κ1) is 16.7. The second-order valence-electron chi connectivity index (χ2n) is 6.95. The zero-order valence-electron chi connectivity index (χ0n) is 15.0. The van der Waals surface area contributed by atoms with E-state index in [2.05, 4.69) is 52.4 Å². The minimum absolute atomic E-state index is 0.765. The number of aromatic nitrogens is 2. The van der Waals surface area contributed by atoms with E-state index in [0.29, 0.717) is 0 Å². The molecule has 0 amide bonds. The summed E-state index contributed by atoms with van der Waals surface area (Å²) in [6, 6.07) is 22.9. The van der Waals surface area contributed by atoms with Crippen LogP contribution >= 0.6 is 0 Å². The summed E-state index contributed by atoms with van der Waals surface area (Å²) in [6.45, 7) is 0. The van der Waals surface area contributed by atoms with E-state index < -0.39 is 0 Å². The number of rotatable bonds is 1. The van der Waals surface area contributed by atoms with Gasteiger partial charge in [-0.3, -0.25) is 9.97 Å². The number of hydrogen-bond donors (Lipinski definition) is 0. The minimum atomic E-state index is 0.765. The fourth-order valence-corrected chi connectivity index (χ4v) is 3.91. The van der Waals surface area contributed by atoms with Crippen LogP contribution in [0.4, 0.5) is 0 Å². The maximum absolute atomic E-state index is 4.44. The topological polar surface area (TPSA) is 25.8 Å². The smallest absolute Gasteiger partial charge is 0.0704 e. The number of benzene rings is 2. The van der Waals surface area contributed by atoms with Crippen molar-refractivity contribution in [2.45, 2.75) is 38.0 Å². The Bertz CT molecular complexity index is 916. The molecule has 2 heteroatoms. The van der Waals surface area contributed by atoms with Crippen molar-refractivity contribution in [3.8, 4) is 0 Å². The molecule has 2 aromatic carbocycles. The molecule has 2 heterocycles. The summed E-state index contributed by atoms with van der Waals surface area (Å²) in [5.74, 6) is 0.765. The first-order valence-corrected chi connectivity index (χ1v) is 9.55. The van der Waals surface area contributed by atoms with Crippen LogP contribution in [0.5, 0.6) is 0 Å². The Labute approximate surface area is 154 Å². The van der Waals surface area contributed by atoms with Gasteiger partial charge in [-0.1, -0.05) is 61.7 Å². The van der Waals surface area contributed by atoms with Gasteiger partial charge < -0.3 is 0 Å². The van der Waals surface area contributed by atoms with Gasteiger partial charge in [0.2, 0.25) is 0 Å². The average Bonchev–Trinajstić information content (AvgIpc) is 2.74. The Morgan fingerprint density at radius 3 is 2.15 bits per heavy atom. The van der Waals surface area contributed by atoms with E-state index in [0.717, 1.165) is 17.0 Å². The molecular weight excluding hydrogens is 316 g/mol. The largest absolute Gasteiger partial charge is 0.256 e. The van der Waals surface area contributed by atoms with Gasteiger partial charge in [0.05, 0.1) is 11.0 Å². The fourth-order valence-electron chi connectivity index (χ4n) is 3.91. The summed E-state index contributed by atoms with van der Waals surface area (Å²) in [5, 5.41) is 2.56. The summed E-state index contributed by atoms with van der Waals surface area (Å²) in [4.78, 5) is 8.62. The van der Waals surface area contributed by atoms with E-state index in [1.807, 2.05) is 36.7 Å². The molecule has 0 N–H and O–H groups in total. The molecule has 0 bridgehead atoms. The Kier molecular flexibility index (Phi) is 5.20. The number of pyridine rings is 2. The fraction of sp³-hybridized carbons (Fsp3) is 0.250. The molecule has 1 aliphatic rings. The molecule has 2 nitrogen and oxygen atoms in total. The molecule has 1 saturated carbocycles. The lowest BCUT2D eigenvalue weighted by Gasteiger charge is -2.23. The molecule has 0 aliphatic heterocycles. The van der Waals surface area contributed by atoms with Crippen molar-refractivity contribution in [1.29, 1.82) is 0 Å². The third kappa shape index (κ3) is 3.75. The zero-order valence-corrected chi connectivity index (χ0v) is 15.0. The van der Waals surface area contributed by atoms with Gasteiger partial charge >= 0.3 is 0 Å². The lowest BCUT2D eigenvalue weighted by atomic mass is 9.82. The highest BCUT2D eigenvalue weighted by molar-refractivity contribution is 5.82. The van der Waals surface area contributed by atoms with E-state index in [4.69, 9.17) is 0 Å². The van der Waals surface area contributed by atoms with Crippen LogP contribution in [0.2, 0.25) is 0 Å². The second kappa shape index (κ2) is 8.09. The average molecular weight is 340 g/mol. The molecule has 0 spiro atoms. The van der Waals surface area contributed by atoms with E-state index in [1.54, 1.807) is 0 Å². The molecule has 2 aromatic heterocycles. The predicted molar refractivity (Wildman–Crippen MR) is 109 cm³/mol. The van der Waals surface area contributed by atoms with Crippen LogP contribution < -0.4 is 0 Å². The number of fused-ring (bicyclic) bond motifs is 2. The summed E-state index contributed by atoms with van der Waals surface area (Å²) in [7, 11) is 0. The second-order valence-corrected chi connectivity index (χ2v) is 6.95. The Hall–Kier alpha value is -2.74. The highest BCUT2D eigenvalue weighted by Crippen LogP contribution is 2.35. The quantitative estimate of drug-likeness (QED) is 0.394. The van der Waals surface area contributed by atoms with Gasteiger partial charge in [-0.05, 0) is 48.6 Å². The van der Waals surface area contributed by atoms with Gasteiger partial charge in [0.1, 0.15) is 0 Å². The molecule has 0 atom stereocenters. The summed E-state index contributed by atoms with van der Waals surface area (Å²) >= 11 is 0. The maximum Gasteiger partial charge on any atom is 0.0704 e. The first-order valence-electron chi connectivity index (χ1n) is 9.55. The summed E-state index contributed by atoms with van der Waals surface area (Å²) in [5.41, 5.74) is 3.72. The molecule has 1 fully saturated rings. The molecule has 1 aliphatic carbocycles. The monoisotopic (exact) mass is 340 g/mol. The van der Waals surface area contributed by atoms with Crippen molar-refractivity contribution >= 4 is 21.8 Å². The highest BCUT2D eigenvalue weighted by atomic mass is 14.6. The zero-order chi connectivity index (χ0) is 17.6. The van der Waals surface area contributed by atoms with Crippen molar-refractivity contribution < 1.29 is 0 Å². The Balaban J connectivity index is 0.000000144. The Morgan fingerprint density at radius 2 is 1.31 bits per heavy atom. The van der Waals surface area contributed by atoms with Gasteiger partial charge in [-0.15, -0.1) is 0 Å². The van der Waals surface area contributed by atoms with Gasteiger partial charge in [0.15, 0.2) is 0 Å². The highest BCUT2D eigenvalue weighted by Gasteiger charge is 2.17. The molecule has 0 saturated heterocycles. The summed E-state index contributed by atoms with van der Waals surface area (Å²) in [6.07, 6.45) is 10.6. The predicted octanol–water partition coefficient (Wildman–Crippen LogP) is 6.52. The van der Waals surface area contributed by atoms with Crippen LogP contribution in [-0.2, 0) is 0 Å². The van der Waals surface area contributed by atoms with Crippen molar-refractivity contribution in [2.24, 2.45) is 0 Å². The number of hydrogen-bond acceptors (Lipinski definition) is 2. The van der Waals surface area contributed by atoms with Crippen LogP contribution in [0.3, 0.4) is 0 Å². The number of para-hydroxylation sites is 1. The normalized spacial score (nSPS) is 14.8.